The number of hydrogen-bond acceptors (Lipinski definition) is 6. The molecule has 0 unspecified atom stereocenters. The van der Waals surface area contributed by atoms with E-state index in [-0.39, 0.29) is 24.0 Å². The number of ether oxygens (including phenoxy) is 3. The standard InChI is InChI=1S/C30H33N3O5/c1-36-27-10-7-21-8-11-29(34)32-25-19-33(30(35)12-9-22-5-3-14-31-18-22)15-13-26(25)37-20-23-4-2-6-24(16-23)38-28(27)17-21/h2-7,10,14,16-18,25-26H,8-9,11-13,15,19-20H2,1H3,(H,32,34)/t25-,26+/m0/s1. The number of nitrogens with zero attached hydrogens (tertiary/aromatic N) is 2. The van der Waals surface area contributed by atoms with Crippen LogP contribution in [0.2, 0.25) is 0 Å². The first kappa shape index (κ1) is 25.7. The summed E-state index contributed by atoms with van der Waals surface area (Å²) in [5, 5.41) is 3.16. The number of likely N-dealkylation sites (tertiary alicyclic amines) is 1. The zero-order valence-electron chi connectivity index (χ0n) is 21.6. The molecule has 1 N–H and O–H groups in total. The van der Waals surface area contributed by atoms with Crippen molar-refractivity contribution in [3.05, 3.63) is 83.7 Å². The van der Waals surface area contributed by atoms with Gasteiger partial charge < -0.3 is 24.4 Å². The van der Waals surface area contributed by atoms with Crippen LogP contribution in [0.15, 0.2) is 67.0 Å². The Hall–Kier alpha value is -3.91. The molecule has 2 aromatic carbocycles. The summed E-state index contributed by atoms with van der Waals surface area (Å²) in [6, 6.07) is 17.1. The van der Waals surface area contributed by atoms with Gasteiger partial charge in [0.15, 0.2) is 11.5 Å². The zero-order chi connectivity index (χ0) is 26.3. The highest BCUT2D eigenvalue weighted by Gasteiger charge is 2.33. The Morgan fingerprint density at radius 3 is 2.89 bits per heavy atom. The lowest BCUT2D eigenvalue weighted by atomic mass is 10.00. The van der Waals surface area contributed by atoms with Crippen LogP contribution < -0.4 is 14.8 Å². The van der Waals surface area contributed by atoms with Crippen LogP contribution in [0.25, 0.3) is 0 Å². The minimum absolute atomic E-state index is 0.0676. The third-order valence-electron chi connectivity index (χ3n) is 7.06. The fourth-order valence-electron chi connectivity index (χ4n) is 4.97. The number of benzene rings is 2. The normalized spacial score (nSPS) is 19.7. The molecule has 0 aliphatic carbocycles. The number of pyridine rings is 1. The van der Waals surface area contributed by atoms with Crippen molar-refractivity contribution in [1.29, 1.82) is 0 Å². The average Bonchev–Trinajstić information content (AvgIpc) is 2.95. The molecule has 2 atom stereocenters. The number of carbonyl (C=O) groups excluding carboxylic acids is 2. The number of amides is 2. The smallest absolute Gasteiger partial charge is 0.222 e. The van der Waals surface area contributed by atoms with E-state index in [1.165, 1.54) is 0 Å². The molecule has 38 heavy (non-hydrogen) atoms. The summed E-state index contributed by atoms with van der Waals surface area (Å²) >= 11 is 0. The Morgan fingerprint density at radius 2 is 2.05 bits per heavy atom. The number of hydrogen-bond donors (Lipinski definition) is 1. The van der Waals surface area contributed by atoms with Gasteiger partial charge in [-0.05, 0) is 66.3 Å². The molecule has 1 saturated heterocycles. The predicted molar refractivity (Wildman–Crippen MR) is 142 cm³/mol. The van der Waals surface area contributed by atoms with Crippen LogP contribution in [0.1, 0.15) is 36.0 Å². The first-order chi connectivity index (χ1) is 18.6. The van der Waals surface area contributed by atoms with Crippen molar-refractivity contribution in [2.24, 2.45) is 0 Å². The highest BCUT2D eigenvalue weighted by Crippen LogP contribution is 2.33. The first-order valence-corrected chi connectivity index (χ1v) is 13.1. The third kappa shape index (κ3) is 6.50. The second-order valence-corrected chi connectivity index (χ2v) is 9.75. The Kier molecular flexibility index (Phi) is 8.19. The lowest BCUT2D eigenvalue weighted by Crippen LogP contribution is -2.57. The minimum Gasteiger partial charge on any atom is -0.493 e. The van der Waals surface area contributed by atoms with Crippen molar-refractivity contribution in [3.63, 3.8) is 0 Å². The summed E-state index contributed by atoms with van der Waals surface area (Å²) in [5.41, 5.74) is 2.98. The molecular formula is C30H33N3O5. The van der Waals surface area contributed by atoms with E-state index in [0.717, 1.165) is 16.7 Å². The van der Waals surface area contributed by atoms with E-state index in [9.17, 15) is 9.59 Å². The van der Waals surface area contributed by atoms with Gasteiger partial charge in [-0.1, -0.05) is 24.3 Å². The minimum atomic E-state index is -0.283. The maximum atomic E-state index is 13.0. The molecule has 0 saturated carbocycles. The van der Waals surface area contributed by atoms with Crippen LogP contribution in [0.4, 0.5) is 0 Å². The summed E-state index contributed by atoms with van der Waals surface area (Å²) in [5.74, 6) is 1.93. The molecule has 2 amide bonds. The van der Waals surface area contributed by atoms with Crippen molar-refractivity contribution >= 4 is 11.8 Å². The molecule has 2 aliphatic rings. The lowest BCUT2D eigenvalue weighted by Gasteiger charge is -2.39. The van der Waals surface area contributed by atoms with Gasteiger partial charge >= 0.3 is 0 Å². The van der Waals surface area contributed by atoms with Crippen molar-refractivity contribution in [2.75, 3.05) is 20.2 Å². The van der Waals surface area contributed by atoms with Crippen LogP contribution in [0, 0.1) is 0 Å². The van der Waals surface area contributed by atoms with E-state index in [0.29, 0.717) is 69.0 Å². The zero-order valence-corrected chi connectivity index (χ0v) is 21.6. The van der Waals surface area contributed by atoms with E-state index < -0.39 is 0 Å². The topological polar surface area (TPSA) is 90.0 Å². The fraction of sp³-hybridized carbons (Fsp3) is 0.367. The summed E-state index contributed by atoms with van der Waals surface area (Å²) in [6.45, 7) is 1.40. The van der Waals surface area contributed by atoms with Gasteiger partial charge in [0.2, 0.25) is 11.8 Å². The largest absolute Gasteiger partial charge is 0.493 e. The number of piperidine rings is 1. The molecule has 2 aliphatic heterocycles. The second-order valence-electron chi connectivity index (χ2n) is 9.75. The van der Waals surface area contributed by atoms with Crippen LogP contribution in [-0.2, 0) is 33.8 Å². The molecule has 1 aromatic heterocycles. The highest BCUT2D eigenvalue weighted by atomic mass is 16.5. The van der Waals surface area contributed by atoms with Gasteiger partial charge in [0, 0.05) is 38.3 Å². The Balaban J connectivity index is 1.31. The van der Waals surface area contributed by atoms with Gasteiger partial charge in [0.25, 0.3) is 0 Å². The number of aryl methyl sites for hydroxylation is 2. The van der Waals surface area contributed by atoms with E-state index in [2.05, 4.69) is 10.3 Å². The SMILES string of the molecule is COc1ccc2cc1Oc1cccc(c1)CO[C@@H]1CCN(C(=O)CCc3cccnc3)C[C@@H]1NC(=O)CC2. The van der Waals surface area contributed by atoms with Gasteiger partial charge in [-0.3, -0.25) is 14.6 Å². The number of carbonyl (C=O) groups is 2. The van der Waals surface area contributed by atoms with E-state index in [1.807, 2.05) is 59.5 Å². The molecule has 198 valence electrons. The van der Waals surface area contributed by atoms with Crippen LogP contribution in [-0.4, -0.2) is 54.0 Å². The van der Waals surface area contributed by atoms with E-state index in [1.54, 1.807) is 19.5 Å². The van der Waals surface area contributed by atoms with Gasteiger partial charge in [-0.2, -0.15) is 0 Å². The maximum absolute atomic E-state index is 13.0. The number of fused-ring (bicyclic) bond motifs is 5. The van der Waals surface area contributed by atoms with Gasteiger partial charge in [0.1, 0.15) is 5.75 Å². The monoisotopic (exact) mass is 515 g/mol. The molecule has 1 fully saturated rings. The second kappa shape index (κ2) is 12.1. The number of methoxy groups -OCH3 is 1. The lowest BCUT2D eigenvalue weighted by molar-refractivity contribution is -0.137. The Bertz CT molecular complexity index is 1270. The van der Waals surface area contributed by atoms with Crippen LogP contribution in [0.5, 0.6) is 17.2 Å². The van der Waals surface area contributed by atoms with Crippen LogP contribution in [0.3, 0.4) is 0 Å². The van der Waals surface area contributed by atoms with Crippen LogP contribution >= 0.6 is 0 Å². The van der Waals surface area contributed by atoms with E-state index in [4.69, 9.17) is 14.2 Å². The molecule has 0 radical (unpaired) electrons. The predicted octanol–water partition coefficient (Wildman–Crippen LogP) is 4.06. The van der Waals surface area contributed by atoms with Crippen molar-refractivity contribution in [3.8, 4) is 17.2 Å². The molecule has 0 spiro atoms. The quantitative estimate of drug-likeness (QED) is 0.564. The molecule has 4 bridgehead atoms. The van der Waals surface area contributed by atoms with Gasteiger partial charge in [0.05, 0.1) is 25.9 Å². The van der Waals surface area contributed by atoms with Crippen molar-refractivity contribution < 1.29 is 23.8 Å². The summed E-state index contributed by atoms with van der Waals surface area (Å²) in [4.78, 5) is 32.0. The highest BCUT2D eigenvalue weighted by molar-refractivity contribution is 5.78. The molecular weight excluding hydrogens is 482 g/mol. The molecule has 8 nitrogen and oxygen atoms in total. The number of nitrogens with one attached hydrogen (secondary N) is 1. The van der Waals surface area contributed by atoms with Gasteiger partial charge in [-0.15, -0.1) is 0 Å². The summed E-state index contributed by atoms with van der Waals surface area (Å²) in [7, 11) is 1.61. The van der Waals surface area contributed by atoms with E-state index >= 15 is 0 Å². The van der Waals surface area contributed by atoms with Crippen molar-refractivity contribution in [1.82, 2.24) is 15.2 Å². The molecule has 5 rings (SSSR count). The summed E-state index contributed by atoms with van der Waals surface area (Å²) < 4.78 is 18.0. The van der Waals surface area contributed by atoms with Gasteiger partial charge in [-0.25, -0.2) is 0 Å². The number of aromatic nitrogens is 1. The maximum Gasteiger partial charge on any atom is 0.222 e. The van der Waals surface area contributed by atoms with Crippen molar-refractivity contribution in [2.45, 2.75) is 50.9 Å². The number of rotatable bonds is 4. The fourth-order valence-corrected chi connectivity index (χ4v) is 4.97. The molecule has 8 heteroatoms. The Morgan fingerprint density at radius 1 is 1.13 bits per heavy atom. The first-order valence-electron chi connectivity index (χ1n) is 13.1. The summed E-state index contributed by atoms with van der Waals surface area (Å²) in [6.07, 6.45) is 5.89. The average molecular weight is 516 g/mol. The molecule has 3 aromatic rings. The third-order valence-corrected chi connectivity index (χ3v) is 7.06. The molecule has 3 heterocycles. The Labute approximate surface area is 222 Å².